The second kappa shape index (κ2) is 6.47. The summed E-state index contributed by atoms with van der Waals surface area (Å²) < 4.78 is 6.95. The van der Waals surface area contributed by atoms with Crippen LogP contribution in [0.3, 0.4) is 0 Å². The number of aromatic nitrogens is 2. The minimum atomic E-state index is -1.29. The number of hydrogen-bond donors (Lipinski definition) is 4. The summed E-state index contributed by atoms with van der Waals surface area (Å²) >= 11 is 0. The number of benzene rings is 2. The highest BCUT2D eigenvalue weighted by Gasteiger charge is 2.17. The number of carbonyl (C=O) groups is 2. The number of carboxylic acids is 1. The molecule has 2 heterocycles. The van der Waals surface area contributed by atoms with Gasteiger partial charge in [0.15, 0.2) is 0 Å². The van der Waals surface area contributed by atoms with Crippen LogP contribution in [-0.2, 0) is 0 Å². The third-order valence-electron chi connectivity index (χ3n) is 4.24. The highest BCUT2D eigenvalue weighted by molar-refractivity contribution is 5.94. The second-order valence-corrected chi connectivity index (χ2v) is 5.97. The first-order valence-corrected chi connectivity index (χ1v) is 8.13. The number of nitrogens with zero attached hydrogens (tertiary/aromatic N) is 2. The summed E-state index contributed by atoms with van der Waals surface area (Å²) in [6, 6.07) is 11.4. The first kappa shape index (κ1) is 17.2. The van der Waals surface area contributed by atoms with Gasteiger partial charge in [0.2, 0.25) is 5.95 Å². The number of nitrogens with two attached hydrogens (primary N) is 1. The number of amides is 1. The van der Waals surface area contributed by atoms with Gasteiger partial charge in [0.1, 0.15) is 11.8 Å². The molecule has 2 aromatic carbocycles. The zero-order chi connectivity index (χ0) is 19.8. The number of nitrogens with one attached hydrogen (secondary N) is 1. The average Bonchev–Trinajstić information content (AvgIpc) is 3.25. The van der Waals surface area contributed by atoms with Crippen molar-refractivity contribution in [3.63, 3.8) is 0 Å². The third kappa shape index (κ3) is 2.90. The Morgan fingerprint density at radius 2 is 1.93 bits per heavy atom. The van der Waals surface area contributed by atoms with Crippen LogP contribution < -0.4 is 11.1 Å². The Bertz CT molecular complexity index is 1220. The van der Waals surface area contributed by atoms with Gasteiger partial charge >= 0.3 is 12.1 Å². The third-order valence-corrected chi connectivity index (χ3v) is 4.24. The topological polar surface area (TPSA) is 144 Å². The Balaban J connectivity index is 1.87. The Hall–Kier alpha value is -4.27. The number of furan rings is 1. The molecule has 0 spiro atoms. The van der Waals surface area contributed by atoms with Gasteiger partial charge in [-0.15, -0.1) is 0 Å². The molecular weight excluding hydrogens is 364 g/mol. The number of nitrogen functional groups attached to an aromatic ring is 1. The van der Waals surface area contributed by atoms with Crippen LogP contribution in [0, 0.1) is 0 Å². The van der Waals surface area contributed by atoms with E-state index in [1.54, 1.807) is 12.5 Å². The Morgan fingerprint density at radius 1 is 1.14 bits per heavy atom. The van der Waals surface area contributed by atoms with Crippen LogP contribution in [0.1, 0.15) is 10.4 Å². The number of aromatic carboxylic acids is 1. The summed E-state index contributed by atoms with van der Waals surface area (Å²) in [6.07, 6.45) is 1.87. The molecule has 9 heteroatoms. The lowest BCUT2D eigenvalue weighted by molar-refractivity contribution is 0.0697. The molecule has 0 aliphatic carbocycles. The molecule has 0 unspecified atom stereocenters. The van der Waals surface area contributed by atoms with Gasteiger partial charge in [-0.3, -0.25) is 9.88 Å². The molecule has 0 saturated heterocycles. The second-order valence-electron chi connectivity index (χ2n) is 5.97. The molecular formula is C19H14N4O5. The van der Waals surface area contributed by atoms with Gasteiger partial charge in [0, 0.05) is 17.1 Å². The molecule has 0 saturated carbocycles. The van der Waals surface area contributed by atoms with Crippen molar-refractivity contribution in [1.82, 2.24) is 9.55 Å². The average molecular weight is 378 g/mol. The van der Waals surface area contributed by atoms with Gasteiger partial charge in [0.05, 0.1) is 22.6 Å². The summed E-state index contributed by atoms with van der Waals surface area (Å²) in [6.45, 7) is 0. The first-order chi connectivity index (χ1) is 13.4. The number of fused-ring (bicyclic) bond motifs is 1. The molecule has 4 rings (SSSR count). The van der Waals surface area contributed by atoms with E-state index in [1.807, 2.05) is 24.3 Å². The van der Waals surface area contributed by atoms with E-state index in [0.717, 1.165) is 5.39 Å². The molecule has 4 aromatic rings. The van der Waals surface area contributed by atoms with Crippen LogP contribution in [0.15, 0.2) is 59.3 Å². The first-order valence-electron chi connectivity index (χ1n) is 8.13. The molecule has 28 heavy (non-hydrogen) atoms. The van der Waals surface area contributed by atoms with E-state index >= 15 is 0 Å². The van der Waals surface area contributed by atoms with Crippen molar-refractivity contribution in [2.75, 3.05) is 11.1 Å². The molecule has 0 fully saturated rings. The molecule has 140 valence electrons. The summed E-state index contributed by atoms with van der Waals surface area (Å²) in [5.41, 5.74) is 8.34. The minimum Gasteiger partial charge on any atom is -0.478 e. The summed E-state index contributed by atoms with van der Waals surface area (Å²) in [5.74, 6) is -1.08. The molecule has 9 nitrogen and oxygen atoms in total. The van der Waals surface area contributed by atoms with Gasteiger partial charge in [-0.25, -0.2) is 14.6 Å². The molecule has 0 aliphatic heterocycles. The fourth-order valence-corrected chi connectivity index (χ4v) is 2.98. The van der Waals surface area contributed by atoms with Crippen LogP contribution in [0.25, 0.3) is 27.9 Å². The molecule has 0 bridgehead atoms. The lowest BCUT2D eigenvalue weighted by atomic mass is 10.1. The highest BCUT2D eigenvalue weighted by atomic mass is 16.4. The normalized spacial score (nSPS) is 10.9. The molecule has 1 amide bonds. The monoisotopic (exact) mass is 378 g/mol. The number of anilines is 2. The van der Waals surface area contributed by atoms with Crippen molar-refractivity contribution in [1.29, 1.82) is 0 Å². The lowest BCUT2D eigenvalue weighted by Gasteiger charge is -2.12. The molecule has 0 atom stereocenters. The maximum atomic E-state index is 11.3. The van der Waals surface area contributed by atoms with Crippen LogP contribution in [0.2, 0.25) is 0 Å². The van der Waals surface area contributed by atoms with Crippen LogP contribution in [0.4, 0.5) is 16.4 Å². The van der Waals surface area contributed by atoms with E-state index in [9.17, 15) is 14.7 Å². The SMILES string of the molecule is Nc1nc(-c2coc3ccccc23)cn1-c1cc(C(=O)O)ccc1NC(=O)O. The molecule has 5 N–H and O–H groups in total. The predicted octanol–water partition coefficient (Wildman–Crippen LogP) is 3.66. The van der Waals surface area contributed by atoms with E-state index < -0.39 is 12.1 Å². The summed E-state index contributed by atoms with van der Waals surface area (Å²) in [5, 5.41) is 21.4. The van der Waals surface area contributed by atoms with Crippen LogP contribution >= 0.6 is 0 Å². The fourth-order valence-electron chi connectivity index (χ4n) is 2.98. The van der Waals surface area contributed by atoms with E-state index in [0.29, 0.717) is 16.8 Å². The van der Waals surface area contributed by atoms with Crippen LogP contribution in [0.5, 0.6) is 0 Å². The largest absolute Gasteiger partial charge is 0.478 e. The van der Waals surface area contributed by atoms with Crippen molar-refractivity contribution in [2.24, 2.45) is 0 Å². The minimum absolute atomic E-state index is 0.0191. The fraction of sp³-hybridized carbons (Fsp3) is 0. The van der Waals surface area contributed by atoms with E-state index in [4.69, 9.17) is 15.3 Å². The van der Waals surface area contributed by atoms with Crippen molar-refractivity contribution < 1.29 is 24.2 Å². The van der Waals surface area contributed by atoms with E-state index in [2.05, 4.69) is 10.3 Å². The molecule has 0 radical (unpaired) electrons. The number of hydrogen-bond acceptors (Lipinski definition) is 5. The highest BCUT2D eigenvalue weighted by Crippen LogP contribution is 2.32. The van der Waals surface area contributed by atoms with Crippen molar-refractivity contribution in [3.05, 3.63) is 60.5 Å². The van der Waals surface area contributed by atoms with Gasteiger partial charge in [-0.2, -0.15) is 0 Å². The van der Waals surface area contributed by atoms with Crippen molar-refractivity contribution in [3.8, 4) is 16.9 Å². The maximum absolute atomic E-state index is 11.3. The van der Waals surface area contributed by atoms with Crippen molar-refractivity contribution in [2.45, 2.75) is 0 Å². The Morgan fingerprint density at radius 3 is 2.68 bits per heavy atom. The maximum Gasteiger partial charge on any atom is 0.409 e. The zero-order valence-electron chi connectivity index (χ0n) is 14.3. The van der Waals surface area contributed by atoms with Gasteiger partial charge in [0.25, 0.3) is 0 Å². The van der Waals surface area contributed by atoms with Crippen LogP contribution in [-0.4, -0.2) is 31.8 Å². The molecule has 2 aromatic heterocycles. The summed E-state index contributed by atoms with van der Waals surface area (Å²) in [4.78, 5) is 26.8. The number of rotatable bonds is 4. The molecule has 0 aliphatic rings. The van der Waals surface area contributed by atoms with E-state index in [1.165, 1.54) is 22.8 Å². The standard InChI is InChI=1S/C19H14N4O5/c20-18-21-14(12-9-28-16-4-2-1-3-11(12)16)8-23(18)15-7-10(17(24)25)5-6-13(15)22-19(26)27/h1-9,22H,(H2,20,21)(H,24,25)(H,26,27). The smallest absolute Gasteiger partial charge is 0.409 e. The number of para-hydroxylation sites is 1. The van der Waals surface area contributed by atoms with Gasteiger partial charge in [-0.05, 0) is 24.3 Å². The zero-order valence-corrected chi connectivity index (χ0v) is 14.3. The predicted molar refractivity (Wildman–Crippen MR) is 102 cm³/mol. The number of imidazole rings is 1. The quantitative estimate of drug-likeness (QED) is 0.424. The van der Waals surface area contributed by atoms with E-state index in [-0.39, 0.29) is 22.9 Å². The van der Waals surface area contributed by atoms with Gasteiger partial charge < -0.3 is 20.4 Å². The number of carboxylic acid groups (broad SMARTS) is 2. The summed E-state index contributed by atoms with van der Waals surface area (Å²) in [7, 11) is 0. The Labute approximate surface area is 157 Å². The van der Waals surface area contributed by atoms with Crippen molar-refractivity contribution >= 4 is 34.7 Å². The van der Waals surface area contributed by atoms with Gasteiger partial charge in [-0.1, -0.05) is 18.2 Å². The Kier molecular flexibility index (Phi) is 3.96. The lowest BCUT2D eigenvalue weighted by Crippen LogP contribution is -2.12.